The van der Waals surface area contributed by atoms with Gasteiger partial charge in [-0.15, -0.1) is 0 Å². The highest BCUT2D eigenvalue weighted by molar-refractivity contribution is 14.1. The number of benzene rings is 3. The zero-order valence-electron chi connectivity index (χ0n) is 22.4. The molecule has 43 heavy (non-hydrogen) atoms. The summed E-state index contributed by atoms with van der Waals surface area (Å²) in [7, 11) is -4.74. The van der Waals surface area contributed by atoms with Crippen LogP contribution in [0.2, 0.25) is 0 Å². The van der Waals surface area contributed by atoms with Crippen LogP contribution in [0.4, 0.5) is 0 Å². The number of rotatable bonds is 6. The van der Waals surface area contributed by atoms with Crippen LogP contribution in [0.15, 0.2) is 65.6 Å². The van der Waals surface area contributed by atoms with Gasteiger partial charge in [0.2, 0.25) is 0 Å². The van der Waals surface area contributed by atoms with Gasteiger partial charge < -0.3 is 23.9 Å². The van der Waals surface area contributed by atoms with E-state index in [1.54, 1.807) is 45.2 Å². The van der Waals surface area contributed by atoms with Crippen LogP contribution in [0.1, 0.15) is 59.0 Å². The Bertz CT molecular complexity index is 1720. The minimum atomic E-state index is -4.74. The fourth-order valence-electron chi connectivity index (χ4n) is 7.47. The van der Waals surface area contributed by atoms with E-state index in [1.807, 2.05) is 24.3 Å². The Morgan fingerprint density at radius 1 is 0.744 bits per heavy atom. The standard InChI is InChI=1S/C31H26I2O9S/c32-22-13-17(14-23(33)28(22)43(38,39)40)42-31(37)27-25-20-7-3-1-5-18(20)24(19-6-2-4-8-21(19)25)26(27)30(36)41-16-11-9-15(10-12-16)29(34)35/h1,3,5,7,9-14,19,21,24-27H,2,4,6,8H2,(H,34,35)(H,38,39,40)/p-2. The normalized spacial score (nSPS) is 25.7. The maximum absolute atomic E-state index is 14.1. The number of carbonyl (C=O) groups is 3. The second-order valence-corrected chi connectivity index (χ2v) is 14.8. The van der Waals surface area contributed by atoms with Crippen LogP contribution in [-0.4, -0.2) is 30.9 Å². The van der Waals surface area contributed by atoms with E-state index in [4.69, 9.17) is 9.47 Å². The molecule has 6 unspecified atom stereocenters. The molecule has 7 rings (SSSR count). The summed E-state index contributed by atoms with van der Waals surface area (Å²) in [6, 6.07) is 15.9. The van der Waals surface area contributed by atoms with E-state index in [9.17, 15) is 32.5 Å². The van der Waals surface area contributed by atoms with Crippen LogP contribution in [0, 0.1) is 30.8 Å². The topological polar surface area (TPSA) is 150 Å². The molecule has 3 aromatic carbocycles. The third-order valence-corrected chi connectivity index (χ3v) is 12.3. The molecule has 0 saturated heterocycles. The molecule has 0 heterocycles. The minimum Gasteiger partial charge on any atom is -0.744 e. The van der Waals surface area contributed by atoms with Gasteiger partial charge >= 0.3 is 11.9 Å². The van der Waals surface area contributed by atoms with Gasteiger partial charge in [-0.25, -0.2) is 8.42 Å². The number of halogens is 2. The van der Waals surface area contributed by atoms with Gasteiger partial charge in [-0.1, -0.05) is 37.1 Å². The molecule has 0 radical (unpaired) electrons. The second-order valence-electron chi connectivity index (χ2n) is 11.2. The Kier molecular flexibility index (Phi) is 8.32. The number of ether oxygens (including phenoxy) is 2. The fourth-order valence-corrected chi connectivity index (χ4v) is 11.4. The van der Waals surface area contributed by atoms with Gasteiger partial charge in [0.05, 0.1) is 22.7 Å². The summed E-state index contributed by atoms with van der Waals surface area (Å²) in [6.45, 7) is 0. The van der Waals surface area contributed by atoms with Gasteiger partial charge in [-0.05, 0) is 123 Å². The van der Waals surface area contributed by atoms with Crippen LogP contribution in [-0.2, 0) is 19.7 Å². The zero-order chi connectivity index (χ0) is 30.6. The Labute approximate surface area is 275 Å². The number of carbonyl (C=O) groups excluding carboxylic acids is 3. The van der Waals surface area contributed by atoms with E-state index in [0.717, 1.165) is 36.8 Å². The SMILES string of the molecule is O=C([O-])c1ccc(OC(=O)C2C(C(=O)Oc3cc(I)c(S(=O)(=O)[O-])c(I)c3)C3c4ccccc4C2C2CCCCC23)cc1. The first kappa shape index (κ1) is 30.5. The molecule has 9 nitrogen and oxygen atoms in total. The molecule has 12 heteroatoms. The monoisotopic (exact) mass is 826 g/mol. The van der Waals surface area contributed by atoms with Crippen molar-refractivity contribution in [1.82, 2.24) is 0 Å². The molecular weight excluding hydrogens is 802 g/mol. The maximum Gasteiger partial charge on any atom is 0.315 e. The minimum absolute atomic E-state index is 0.0583. The van der Waals surface area contributed by atoms with Crippen molar-refractivity contribution in [3.8, 4) is 11.5 Å². The Morgan fingerprint density at radius 2 is 1.21 bits per heavy atom. The first-order valence-corrected chi connectivity index (χ1v) is 17.3. The summed E-state index contributed by atoms with van der Waals surface area (Å²) in [4.78, 5) is 39.0. The third-order valence-electron chi connectivity index (χ3n) is 8.97. The van der Waals surface area contributed by atoms with Crippen LogP contribution in [0.5, 0.6) is 11.5 Å². The third kappa shape index (κ3) is 5.59. The lowest BCUT2D eigenvalue weighted by Crippen LogP contribution is -2.56. The van der Waals surface area contributed by atoms with E-state index < -0.39 is 39.9 Å². The maximum atomic E-state index is 14.1. The predicted octanol–water partition coefficient (Wildman–Crippen LogP) is 4.61. The molecule has 0 N–H and O–H groups in total. The summed E-state index contributed by atoms with van der Waals surface area (Å²) < 4.78 is 47.2. The van der Waals surface area contributed by atoms with Gasteiger partial charge in [0, 0.05) is 19.0 Å². The average Bonchev–Trinajstić information content (AvgIpc) is 2.95. The van der Waals surface area contributed by atoms with Crippen LogP contribution in [0.3, 0.4) is 0 Å². The number of hydrogen-bond acceptors (Lipinski definition) is 9. The summed E-state index contributed by atoms with van der Waals surface area (Å²) in [5.74, 6) is -4.34. The van der Waals surface area contributed by atoms with Crippen LogP contribution >= 0.6 is 45.2 Å². The van der Waals surface area contributed by atoms with E-state index in [2.05, 4.69) is 0 Å². The summed E-state index contributed by atoms with van der Waals surface area (Å²) in [5, 5.41) is 11.2. The number of carboxylic acids is 1. The molecular formula is C31H24I2O9S-2. The van der Waals surface area contributed by atoms with E-state index in [-0.39, 0.29) is 52.8 Å². The molecule has 0 amide bonds. The van der Waals surface area contributed by atoms with Gasteiger partial charge in [0.25, 0.3) is 0 Å². The van der Waals surface area contributed by atoms with Gasteiger partial charge in [0.1, 0.15) is 21.6 Å². The predicted molar refractivity (Wildman–Crippen MR) is 166 cm³/mol. The molecule has 6 atom stereocenters. The fraction of sp³-hybridized carbons (Fsp3) is 0.323. The lowest BCUT2D eigenvalue weighted by Gasteiger charge is -2.57. The summed E-state index contributed by atoms with van der Waals surface area (Å²) in [5.41, 5.74) is 2.00. The van der Waals surface area contributed by atoms with Crippen molar-refractivity contribution in [3.63, 3.8) is 0 Å². The Morgan fingerprint density at radius 3 is 1.65 bits per heavy atom. The molecule has 2 bridgehead atoms. The summed E-state index contributed by atoms with van der Waals surface area (Å²) >= 11 is 3.45. The largest absolute Gasteiger partial charge is 0.744 e. The van der Waals surface area contributed by atoms with Gasteiger partial charge in [0.15, 0.2) is 0 Å². The second kappa shape index (κ2) is 11.7. The molecule has 0 spiro atoms. The first-order chi connectivity index (χ1) is 20.5. The van der Waals surface area contributed by atoms with Crippen LogP contribution < -0.4 is 14.6 Å². The molecule has 0 aromatic heterocycles. The zero-order valence-corrected chi connectivity index (χ0v) is 27.5. The lowest BCUT2D eigenvalue weighted by molar-refractivity contribution is -0.255. The number of esters is 2. The van der Waals surface area contributed by atoms with Crippen molar-refractivity contribution in [1.29, 1.82) is 0 Å². The van der Waals surface area contributed by atoms with E-state index >= 15 is 0 Å². The smallest absolute Gasteiger partial charge is 0.315 e. The number of fused-ring (bicyclic) bond motifs is 1. The van der Waals surface area contributed by atoms with Gasteiger partial charge in [-0.2, -0.15) is 0 Å². The van der Waals surface area contributed by atoms with Crippen molar-refractivity contribution in [2.24, 2.45) is 23.7 Å². The van der Waals surface area contributed by atoms with Crippen molar-refractivity contribution >= 4 is 73.2 Å². The van der Waals surface area contributed by atoms with Crippen molar-refractivity contribution in [2.75, 3.05) is 0 Å². The van der Waals surface area contributed by atoms with Crippen molar-refractivity contribution in [2.45, 2.75) is 42.4 Å². The highest BCUT2D eigenvalue weighted by atomic mass is 127. The number of hydrogen-bond donors (Lipinski definition) is 0. The van der Waals surface area contributed by atoms with E-state index in [0.29, 0.717) is 0 Å². The number of aromatic carboxylic acids is 1. The molecule has 4 aliphatic carbocycles. The Hall–Kier alpha value is -2.56. The van der Waals surface area contributed by atoms with E-state index in [1.165, 1.54) is 36.4 Å². The molecule has 4 aliphatic rings. The van der Waals surface area contributed by atoms with Gasteiger partial charge in [-0.3, -0.25) is 9.59 Å². The highest BCUT2D eigenvalue weighted by Crippen LogP contribution is 2.64. The molecule has 2 fully saturated rings. The molecule has 0 aliphatic heterocycles. The van der Waals surface area contributed by atoms with Crippen molar-refractivity contribution < 1.29 is 41.9 Å². The molecule has 3 aromatic rings. The summed E-state index contributed by atoms with van der Waals surface area (Å²) in [6.07, 6.45) is 3.89. The molecule has 2 saturated carbocycles. The molecule has 224 valence electrons. The lowest BCUT2D eigenvalue weighted by atomic mass is 9.46. The average molecular weight is 826 g/mol. The first-order valence-electron chi connectivity index (χ1n) is 13.7. The van der Waals surface area contributed by atoms with Crippen molar-refractivity contribution in [3.05, 3.63) is 84.5 Å². The quantitative estimate of drug-likeness (QED) is 0.150. The number of carboxylic acid groups (broad SMARTS) is 1. The van der Waals surface area contributed by atoms with Crippen LogP contribution in [0.25, 0.3) is 0 Å². The Balaban J connectivity index is 1.40. The highest BCUT2D eigenvalue weighted by Gasteiger charge is 2.61.